The molecule has 0 unspecified atom stereocenters. The van der Waals surface area contributed by atoms with Gasteiger partial charge in [-0.05, 0) is 25.2 Å². The molecule has 16 heavy (non-hydrogen) atoms. The average molecular weight is 238 g/mol. The standard InChI is InChI=1S/C13H25F3/c1-5-9-12(4,13(14,15)16)10-8-11(6-2)7-3/h11H,5-10H2,1-4H3/t12-/m0/s1. The van der Waals surface area contributed by atoms with Crippen LogP contribution < -0.4 is 0 Å². The summed E-state index contributed by atoms with van der Waals surface area (Å²) in [6.45, 7) is 7.30. The van der Waals surface area contributed by atoms with Gasteiger partial charge < -0.3 is 0 Å². The normalized spacial score (nSPS) is 16.5. The van der Waals surface area contributed by atoms with Gasteiger partial charge in [-0.2, -0.15) is 13.2 Å². The molecule has 0 aromatic carbocycles. The van der Waals surface area contributed by atoms with Crippen molar-refractivity contribution in [2.75, 3.05) is 0 Å². The zero-order valence-corrected chi connectivity index (χ0v) is 11.0. The van der Waals surface area contributed by atoms with E-state index in [-0.39, 0.29) is 12.8 Å². The lowest BCUT2D eigenvalue weighted by Gasteiger charge is -2.33. The minimum absolute atomic E-state index is 0.247. The van der Waals surface area contributed by atoms with Crippen LogP contribution in [0.1, 0.15) is 66.2 Å². The van der Waals surface area contributed by atoms with Gasteiger partial charge in [0.2, 0.25) is 0 Å². The number of hydrogen-bond donors (Lipinski definition) is 0. The van der Waals surface area contributed by atoms with E-state index in [1.807, 2.05) is 6.92 Å². The molecule has 1 atom stereocenters. The van der Waals surface area contributed by atoms with Crippen molar-refractivity contribution < 1.29 is 13.2 Å². The molecule has 98 valence electrons. The van der Waals surface area contributed by atoms with Gasteiger partial charge in [-0.1, -0.05) is 47.0 Å². The Morgan fingerprint density at radius 2 is 1.44 bits per heavy atom. The highest BCUT2D eigenvalue weighted by atomic mass is 19.4. The summed E-state index contributed by atoms with van der Waals surface area (Å²) in [7, 11) is 0. The van der Waals surface area contributed by atoms with Crippen LogP contribution >= 0.6 is 0 Å². The van der Waals surface area contributed by atoms with Crippen LogP contribution in [0.25, 0.3) is 0 Å². The SMILES string of the molecule is CCC[C@@](C)(CCC(CC)CC)C(F)(F)F. The first-order chi connectivity index (χ1) is 7.30. The third kappa shape index (κ3) is 4.34. The van der Waals surface area contributed by atoms with Crippen molar-refractivity contribution >= 4 is 0 Å². The molecular weight excluding hydrogens is 213 g/mol. The fourth-order valence-corrected chi connectivity index (χ4v) is 2.18. The van der Waals surface area contributed by atoms with Crippen LogP contribution in [0.2, 0.25) is 0 Å². The van der Waals surface area contributed by atoms with Crippen molar-refractivity contribution in [3.63, 3.8) is 0 Å². The fourth-order valence-electron chi connectivity index (χ4n) is 2.18. The first kappa shape index (κ1) is 15.8. The minimum atomic E-state index is -4.06. The number of rotatable bonds is 7. The first-order valence-corrected chi connectivity index (χ1v) is 6.37. The summed E-state index contributed by atoms with van der Waals surface area (Å²) < 4.78 is 38.8. The summed E-state index contributed by atoms with van der Waals surface area (Å²) in [6, 6.07) is 0. The second-order valence-electron chi connectivity index (χ2n) is 5.03. The fraction of sp³-hybridized carbons (Fsp3) is 1.00. The smallest absolute Gasteiger partial charge is 0.171 e. The van der Waals surface area contributed by atoms with Crippen molar-refractivity contribution in [2.24, 2.45) is 11.3 Å². The van der Waals surface area contributed by atoms with Crippen LogP contribution in [0.5, 0.6) is 0 Å². The minimum Gasteiger partial charge on any atom is -0.171 e. The molecule has 0 aromatic heterocycles. The highest BCUT2D eigenvalue weighted by Crippen LogP contribution is 2.46. The average Bonchev–Trinajstić information content (AvgIpc) is 2.18. The summed E-state index contributed by atoms with van der Waals surface area (Å²) in [4.78, 5) is 0. The zero-order valence-electron chi connectivity index (χ0n) is 11.0. The van der Waals surface area contributed by atoms with Crippen LogP contribution in [0.15, 0.2) is 0 Å². The summed E-state index contributed by atoms with van der Waals surface area (Å²) in [5, 5.41) is 0. The second-order valence-corrected chi connectivity index (χ2v) is 5.03. The van der Waals surface area contributed by atoms with Crippen LogP contribution in [-0.2, 0) is 0 Å². The monoisotopic (exact) mass is 238 g/mol. The number of hydrogen-bond acceptors (Lipinski definition) is 0. The molecule has 0 nitrogen and oxygen atoms in total. The van der Waals surface area contributed by atoms with E-state index in [0.29, 0.717) is 18.8 Å². The summed E-state index contributed by atoms with van der Waals surface area (Å²) in [5.41, 5.74) is -1.48. The Bertz CT molecular complexity index is 182. The van der Waals surface area contributed by atoms with E-state index in [1.165, 1.54) is 6.92 Å². The van der Waals surface area contributed by atoms with Gasteiger partial charge in [0.05, 0.1) is 5.41 Å². The summed E-state index contributed by atoms with van der Waals surface area (Å²) in [6.07, 6.45) is -0.280. The maximum atomic E-state index is 12.9. The van der Waals surface area contributed by atoms with Crippen molar-refractivity contribution in [3.05, 3.63) is 0 Å². The molecule has 0 heterocycles. The Hall–Kier alpha value is -0.210. The molecule has 0 amide bonds. The highest BCUT2D eigenvalue weighted by molar-refractivity contribution is 4.82. The van der Waals surface area contributed by atoms with Crippen molar-refractivity contribution in [3.8, 4) is 0 Å². The van der Waals surface area contributed by atoms with E-state index in [9.17, 15) is 13.2 Å². The Morgan fingerprint density at radius 1 is 0.938 bits per heavy atom. The van der Waals surface area contributed by atoms with Crippen molar-refractivity contribution in [2.45, 2.75) is 72.4 Å². The topological polar surface area (TPSA) is 0 Å². The van der Waals surface area contributed by atoms with E-state index in [2.05, 4.69) is 13.8 Å². The van der Waals surface area contributed by atoms with Gasteiger partial charge in [-0.25, -0.2) is 0 Å². The van der Waals surface area contributed by atoms with Crippen LogP contribution in [0, 0.1) is 11.3 Å². The molecule has 0 saturated carbocycles. The van der Waals surface area contributed by atoms with Gasteiger partial charge in [-0.15, -0.1) is 0 Å². The highest BCUT2D eigenvalue weighted by Gasteiger charge is 2.49. The Labute approximate surface area is 97.6 Å². The molecule has 0 aromatic rings. The molecule has 0 N–H and O–H groups in total. The predicted octanol–water partition coefficient (Wildman–Crippen LogP) is 5.57. The van der Waals surface area contributed by atoms with Crippen molar-refractivity contribution in [1.82, 2.24) is 0 Å². The Balaban J connectivity index is 4.45. The molecule has 0 rings (SSSR count). The number of halogens is 3. The van der Waals surface area contributed by atoms with Crippen molar-refractivity contribution in [1.29, 1.82) is 0 Å². The Kier molecular flexibility index (Phi) is 6.42. The van der Waals surface area contributed by atoms with Crippen LogP contribution in [0.3, 0.4) is 0 Å². The lowest BCUT2D eigenvalue weighted by Crippen LogP contribution is -2.35. The quantitative estimate of drug-likeness (QED) is 0.543. The number of alkyl halides is 3. The summed E-state index contributed by atoms with van der Waals surface area (Å²) >= 11 is 0. The molecule has 0 aliphatic rings. The first-order valence-electron chi connectivity index (χ1n) is 6.37. The lowest BCUT2D eigenvalue weighted by molar-refractivity contribution is -0.224. The molecule has 0 saturated heterocycles. The summed E-state index contributed by atoms with van der Waals surface area (Å²) in [5.74, 6) is 0.443. The third-order valence-electron chi connectivity index (χ3n) is 3.75. The van der Waals surface area contributed by atoms with E-state index >= 15 is 0 Å². The molecule has 0 spiro atoms. The molecule has 3 heteroatoms. The van der Waals surface area contributed by atoms with E-state index in [4.69, 9.17) is 0 Å². The molecule has 0 radical (unpaired) electrons. The Morgan fingerprint density at radius 3 is 1.75 bits per heavy atom. The maximum absolute atomic E-state index is 12.9. The van der Waals surface area contributed by atoms with E-state index < -0.39 is 11.6 Å². The maximum Gasteiger partial charge on any atom is 0.394 e. The third-order valence-corrected chi connectivity index (χ3v) is 3.75. The zero-order chi connectivity index (χ0) is 12.8. The molecular formula is C13H25F3. The van der Waals surface area contributed by atoms with Gasteiger partial charge >= 0.3 is 6.18 Å². The molecule has 0 aliphatic heterocycles. The van der Waals surface area contributed by atoms with Gasteiger partial charge in [0, 0.05) is 0 Å². The van der Waals surface area contributed by atoms with Gasteiger partial charge in [0.25, 0.3) is 0 Å². The molecule has 0 aliphatic carbocycles. The second kappa shape index (κ2) is 6.51. The van der Waals surface area contributed by atoms with E-state index in [1.54, 1.807) is 0 Å². The molecule has 0 fully saturated rings. The predicted molar refractivity (Wildman–Crippen MR) is 62.4 cm³/mol. The van der Waals surface area contributed by atoms with Gasteiger partial charge in [0.15, 0.2) is 0 Å². The van der Waals surface area contributed by atoms with Crippen LogP contribution in [0.4, 0.5) is 13.2 Å². The molecule has 0 bridgehead atoms. The largest absolute Gasteiger partial charge is 0.394 e. The van der Waals surface area contributed by atoms with E-state index in [0.717, 1.165) is 12.8 Å². The van der Waals surface area contributed by atoms with Gasteiger partial charge in [0.1, 0.15) is 0 Å². The lowest BCUT2D eigenvalue weighted by atomic mass is 9.78. The van der Waals surface area contributed by atoms with Gasteiger partial charge in [-0.3, -0.25) is 0 Å². The van der Waals surface area contributed by atoms with Crippen LogP contribution in [-0.4, -0.2) is 6.18 Å².